The number of imidazole rings is 1. The molecule has 4 N–H and O–H groups in total. The molecule has 4 rings (SSSR count). The third kappa shape index (κ3) is 5.47. The van der Waals surface area contributed by atoms with E-state index in [4.69, 9.17) is 17.3 Å². The van der Waals surface area contributed by atoms with E-state index in [1.807, 2.05) is 16.7 Å². The van der Waals surface area contributed by atoms with Crippen LogP contribution < -0.4 is 16.4 Å². The van der Waals surface area contributed by atoms with E-state index < -0.39 is 5.91 Å². The number of hydrogen-bond donors (Lipinski definition) is 3. The first kappa shape index (κ1) is 22.3. The number of aromatic nitrogens is 2. The van der Waals surface area contributed by atoms with Gasteiger partial charge in [-0.1, -0.05) is 36.9 Å². The van der Waals surface area contributed by atoms with Crippen LogP contribution in [0.1, 0.15) is 54.4 Å². The molecule has 2 amide bonds. The molecule has 1 aromatic heterocycles. The first-order chi connectivity index (χ1) is 15.5. The molecule has 168 valence electrons. The fourth-order valence-corrected chi connectivity index (χ4v) is 4.30. The lowest BCUT2D eigenvalue weighted by Gasteiger charge is -2.22. The molecule has 1 heterocycles. The van der Waals surface area contributed by atoms with Crippen molar-refractivity contribution in [2.75, 3.05) is 5.32 Å². The van der Waals surface area contributed by atoms with Gasteiger partial charge in [0.15, 0.2) is 0 Å². The first-order valence-corrected chi connectivity index (χ1v) is 11.4. The molecule has 1 fully saturated rings. The van der Waals surface area contributed by atoms with Crippen LogP contribution in [0, 0.1) is 0 Å². The summed E-state index contributed by atoms with van der Waals surface area (Å²) in [4.78, 5) is 28.8. The second kappa shape index (κ2) is 10.1. The smallest absolute Gasteiger partial charge is 0.257 e. The summed E-state index contributed by atoms with van der Waals surface area (Å²) in [5.74, 6) is -0.315. The summed E-state index contributed by atoms with van der Waals surface area (Å²) in [6.45, 7) is 1.11. The second-order valence-electron chi connectivity index (χ2n) is 8.30. The molecule has 1 saturated carbocycles. The number of amides is 2. The predicted octanol–water partition coefficient (Wildman–Crippen LogP) is 4.24. The number of rotatable bonds is 8. The molecule has 2 aromatic carbocycles. The highest BCUT2D eigenvalue weighted by molar-refractivity contribution is 6.30. The molecule has 0 bridgehead atoms. The zero-order chi connectivity index (χ0) is 22.5. The average molecular weight is 454 g/mol. The van der Waals surface area contributed by atoms with E-state index in [-0.39, 0.29) is 12.3 Å². The summed E-state index contributed by atoms with van der Waals surface area (Å²) >= 11 is 5.92. The Labute approximate surface area is 192 Å². The molecule has 0 aliphatic heterocycles. The van der Waals surface area contributed by atoms with Gasteiger partial charge in [-0.2, -0.15) is 0 Å². The number of carbonyl (C=O) groups excluding carboxylic acids is 2. The Balaban J connectivity index is 1.56. The minimum absolute atomic E-state index is 0.153. The third-order valence-corrected chi connectivity index (χ3v) is 6.18. The van der Waals surface area contributed by atoms with Gasteiger partial charge in [0.2, 0.25) is 11.9 Å². The van der Waals surface area contributed by atoms with Crippen molar-refractivity contribution in [2.24, 2.45) is 5.73 Å². The average Bonchev–Trinajstić information content (AvgIpc) is 3.13. The number of nitrogens with one attached hydrogen (secondary N) is 2. The van der Waals surface area contributed by atoms with E-state index in [0.717, 1.165) is 23.1 Å². The van der Waals surface area contributed by atoms with Crippen molar-refractivity contribution in [1.29, 1.82) is 0 Å². The molecular weight excluding hydrogens is 426 g/mol. The zero-order valence-corrected chi connectivity index (χ0v) is 18.7. The Morgan fingerprint density at radius 2 is 1.84 bits per heavy atom. The lowest BCUT2D eigenvalue weighted by atomic mass is 9.95. The summed E-state index contributed by atoms with van der Waals surface area (Å²) in [6.07, 6.45) is 6.52. The molecule has 0 saturated heterocycles. The van der Waals surface area contributed by atoms with Crippen LogP contribution in [0.15, 0.2) is 42.5 Å². The highest BCUT2D eigenvalue weighted by Gasteiger charge is 2.17. The van der Waals surface area contributed by atoms with Crippen LogP contribution in [0.5, 0.6) is 0 Å². The zero-order valence-electron chi connectivity index (χ0n) is 17.9. The highest BCUT2D eigenvalue weighted by Crippen LogP contribution is 2.23. The normalized spacial score (nSPS) is 14.5. The Kier molecular flexibility index (Phi) is 7.07. The summed E-state index contributed by atoms with van der Waals surface area (Å²) in [7, 11) is 0. The van der Waals surface area contributed by atoms with Crippen molar-refractivity contribution < 1.29 is 9.59 Å². The maximum absolute atomic E-state index is 12.7. The molecule has 7 nitrogen and oxygen atoms in total. The highest BCUT2D eigenvalue weighted by atomic mass is 35.5. The van der Waals surface area contributed by atoms with Crippen molar-refractivity contribution in [3.63, 3.8) is 0 Å². The van der Waals surface area contributed by atoms with Gasteiger partial charge in [0, 0.05) is 36.1 Å². The molecule has 0 unspecified atom stereocenters. The number of nitrogens with two attached hydrogens (primary N) is 1. The monoisotopic (exact) mass is 453 g/mol. The van der Waals surface area contributed by atoms with Crippen LogP contribution in [0.3, 0.4) is 0 Å². The second-order valence-corrected chi connectivity index (χ2v) is 8.74. The molecule has 1 aliphatic carbocycles. The van der Waals surface area contributed by atoms with Crippen molar-refractivity contribution in [2.45, 2.75) is 57.7 Å². The molecule has 1 aliphatic rings. The number of anilines is 1. The van der Waals surface area contributed by atoms with Gasteiger partial charge in [-0.15, -0.1) is 0 Å². The van der Waals surface area contributed by atoms with E-state index >= 15 is 0 Å². The lowest BCUT2D eigenvalue weighted by Crippen LogP contribution is -2.30. The SMILES string of the molecule is NC(=O)CCn1c(NC(=O)c2ccc(Cl)cc2)nc2cc(CNC3CCCCC3)ccc21. The van der Waals surface area contributed by atoms with E-state index in [1.165, 1.54) is 32.1 Å². The minimum atomic E-state index is -0.407. The Bertz CT molecular complexity index is 1100. The topological polar surface area (TPSA) is 102 Å². The number of halogens is 1. The molecular formula is C24H28ClN5O2. The summed E-state index contributed by atoms with van der Waals surface area (Å²) in [5, 5.41) is 7.07. The number of aryl methyl sites for hydroxylation is 1. The maximum Gasteiger partial charge on any atom is 0.257 e. The fourth-order valence-electron chi connectivity index (χ4n) is 4.17. The quantitative estimate of drug-likeness (QED) is 0.474. The maximum atomic E-state index is 12.7. The Morgan fingerprint density at radius 3 is 2.56 bits per heavy atom. The lowest BCUT2D eigenvalue weighted by molar-refractivity contribution is -0.118. The third-order valence-electron chi connectivity index (χ3n) is 5.93. The van der Waals surface area contributed by atoms with Gasteiger partial charge in [0.1, 0.15) is 0 Å². The van der Waals surface area contributed by atoms with Gasteiger partial charge in [-0.05, 0) is 54.8 Å². The van der Waals surface area contributed by atoms with Gasteiger partial charge in [-0.25, -0.2) is 4.98 Å². The van der Waals surface area contributed by atoms with E-state index in [9.17, 15) is 9.59 Å². The molecule has 0 atom stereocenters. The van der Waals surface area contributed by atoms with Crippen LogP contribution in [0.2, 0.25) is 5.02 Å². The number of fused-ring (bicyclic) bond motifs is 1. The van der Waals surface area contributed by atoms with Crippen LogP contribution in [-0.4, -0.2) is 27.4 Å². The number of benzene rings is 2. The van der Waals surface area contributed by atoms with Crippen LogP contribution in [-0.2, 0) is 17.9 Å². The van der Waals surface area contributed by atoms with Gasteiger partial charge in [0.25, 0.3) is 5.91 Å². The molecule has 0 radical (unpaired) electrons. The van der Waals surface area contributed by atoms with Crippen molar-refractivity contribution >= 4 is 40.4 Å². The summed E-state index contributed by atoms with van der Waals surface area (Å²) < 4.78 is 1.83. The Morgan fingerprint density at radius 1 is 1.09 bits per heavy atom. The summed E-state index contributed by atoms with van der Waals surface area (Å²) in [5.41, 5.74) is 8.59. The van der Waals surface area contributed by atoms with Crippen LogP contribution >= 0.6 is 11.6 Å². The van der Waals surface area contributed by atoms with Crippen molar-refractivity contribution in [1.82, 2.24) is 14.9 Å². The Hall–Kier alpha value is -2.90. The van der Waals surface area contributed by atoms with Gasteiger partial charge >= 0.3 is 0 Å². The standard InChI is InChI=1S/C24H28ClN5O2/c25-18-9-7-17(8-10-18)23(32)29-24-28-20-14-16(15-27-19-4-2-1-3-5-19)6-11-21(20)30(24)13-12-22(26)31/h6-11,14,19,27H,1-5,12-13,15H2,(H2,26,31)(H,28,29,32). The molecule has 0 spiro atoms. The largest absolute Gasteiger partial charge is 0.370 e. The number of hydrogen-bond acceptors (Lipinski definition) is 4. The number of carbonyl (C=O) groups is 2. The minimum Gasteiger partial charge on any atom is -0.370 e. The van der Waals surface area contributed by atoms with Crippen molar-refractivity contribution in [3.05, 3.63) is 58.6 Å². The summed E-state index contributed by atoms with van der Waals surface area (Å²) in [6, 6.07) is 13.3. The number of nitrogens with zero attached hydrogens (tertiary/aromatic N) is 2. The van der Waals surface area contributed by atoms with Gasteiger partial charge < -0.3 is 15.6 Å². The van der Waals surface area contributed by atoms with Gasteiger partial charge in [0.05, 0.1) is 11.0 Å². The van der Waals surface area contributed by atoms with Gasteiger partial charge in [-0.3, -0.25) is 14.9 Å². The molecule has 8 heteroatoms. The first-order valence-electron chi connectivity index (χ1n) is 11.1. The molecule has 32 heavy (non-hydrogen) atoms. The fraction of sp³-hybridized carbons (Fsp3) is 0.375. The molecule has 3 aromatic rings. The van der Waals surface area contributed by atoms with E-state index in [2.05, 4.69) is 21.7 Å². The number of primary amides is 1. The van der Waals surface area contributed by atoms with Crippen LogP contribution in [0.25, 0.3) is 11.0 Å². The van der Waals surface area contributed by atoms with Crippen molar-refractivity contribution in [3.8, 4) is 0 Å². The van der Waals surface area contributed by atoms with Crippen LogP contribution in [0.4, 0.5) is 5.95 Å². The van der Waals surface area contributed by atoms with E-state index in [1.54, 1.807) is 24.3 Å². The van der Waals surface area contributed by atoms with E-state index in [0.29, 0.717) is 29.1 Å². The predicted molar refractivity (Wildman–Crippen MR) is 127 cm³/mol.